The lowest BCUT2D eigenvalue weighted by atomic mass is 9.91. The normalized spacial score (nSPS) is 21.4. The maximum Gasteiger partial charge on any atom is 0.307 e. The van der Waals surface area contributed by atoms with Crippen LogP contribution in [0.2, 0.25) is 0 Å². The third kappa shape index (κ3) is 3.27. The van der Waals surface area contributed by atoms with Crippen LogP contribution in [-0.4, -0.2) is 47.4 Å². The van der Waals surface area contributed by atoms with Gasteiger partial charge in [-0.2, -0.15) is 0 Å². The van der Waals surface area contributed by atoms with Crippen molar-refractivity contribution < 1.29 is 24.2 Å². The summed E-state index contributed by atoms with van der Waals surface area (Å²) in [7, 11) is 0. The maximum absolute atomic E-state index is 12.3. The summed E-state index contributed by atoms with van der Waals surface area (Å²) in [6.45, 7) is 2.58. The van der Waals surface area contributed by atoms with Crippen LogP contribution in [0.3, 0.4) is 0 Å². The number of carbonyl (C=O) groups is 3. The lowest BCUT2D eigenvalue weighted by Gasteiger charge is -2.32. The average Bonchev–Trinajstić information content (AvgIpc) is 3.27. The minimum Gasteiger partial charge on any atom is -0.484 e. The first-order chi connectivity index (χ1) is 11.4. The molecular weight excluding hydrogens is 310 g/mol. The number of rotatable bonds is 5. The predicted molar refractivity (Wildman–Crippen MR) is 85.9 cm³/mol. The van der Waals surface area contributed by atoms with Crippen LogP contribution in [0.25, 0.3) is 0 Å². The van der Waals surface area contributed by atoms with Crippen LogP contribution in [-0.2, 0) is 9.59 Å². The maximum atomic E-state index is 12.3. The number of Topliss-reactive ketones (excluding diaryl/α,β-unsaturated/α-hetero) is 1. The fourth-order valence-corrected chi connectivity index (χ4v) is 3.49. The Labute approximate surface area is 140 Å². The van der Waals surface area contributed by atoms with E-state index in [4.69, 9.17) is 9.84 Å². The molecule has 6 heteroatoms. The molecule has 6 nitrogen and oxygen atoms in total. The van der Waals surface area contributed by atoms with E-state index in [1.54, 1.807) is 29.2 Å². The van der Waals surface area contributed by atoms with E-state index in [0.29, 0.717) is 24.4 Å². The van der Waals surface area contributed by atoms with E-state index in [1.807, 2.05) is 0 Å². The summed E-state index contributed by atoms with van der Waals surface area (Å²) in [5.41, 5.74) is 0.465. The molecule has 128 valence electrons. The second-order valence-electron chi connectivity index (χ2n) is 6.71. The Morgan fingerprint density at radius 1 is 1.29 bits per heavy atom. The summed E-state index contributed by atoms with van der Waals surface area (Å²) in [6.07, 6.45) is 2.23. The average molecular weight is 331 g/mol. The van der Waals surface area contributed by atoms with Crippen LogP contribution >= 0.6 is 0 Å². The zero-order chi connectivity index (χ0) is 17.3. The van der Waals surface area contributed by atoms with Crippen LogP contribution in [0.4, 0.5) is 0 Å². The molecule has 1 heterocycles. The molecule has 1 aliphatic heterocycles. The molecule has 1 spiro atoms. The quantitative estimate of drug-likeness (QED) is 0.834. The Balaban J connectivity index is 1.49. The van der Waals surface area contributed by atoms with Gasteiger partial charge >= 0.3 is 5.97 Å². The van der Waals surface area contributed by atoms with Gasteiger partial charge in [0.05, 0.1) is 5.92 Å². The van der Waals surface area contributed by atoms with E-state index >= 15 is 0 Å². The van der Waals surface area contributed by atoms with E-state index in [-0.39, 0.29) is 29.6 Å². The van der Waals surface area contributed by atoms with Crippen molar-refractivity contribution in [2.75, 3.05) is 19.7 Å². The van der Waals surface area contributed by atoms with Gasteiger partial charge in [-0.3, -0.25) is 14.4 Å². The lowest BCUT2D eigenvalue weighted by Crippen LogP contribution is -2.42. The highest BCUT2D eigenvalue weighted by Gasteiger charge is 2.59. The van der Waals surface area contributed by atoms with Crippen LogP contribution in [0.1, 0.15) is 36.5 Å². The number of benzene rings is 1. The number of nitrogens with zero attached hydrogens (tertiary/aromatic N) is 1. The van der Waals surface area contributed by atoms with Gasteiger partial charge in [0.25, 0.3) is 5.91 Å². The van der Waals surface area contributed by atoms with Gasteiger partial charge in [-0.05, 0) is 43.7 Å². The molecular formula is C18H21NO5. The van der Waals surface area contributed by atoms with Gasteiger partial charge in [0, 0.05) is 18.7 Å². The number of hydrogen-bond donors (Lipinski definition) is 1. The number of hydrogen-bond acceptors (Lipinski definition) is 4. The molecule has 24 heavy (non-hydrogen) atoms. The Bertz CT molecular complexity index is 676. The lowest BCUT2D eigenvalue weighted by molar-refractivity contribution is -0.140. The van der Waals surface area contributed by atoms with Crippen LogP contribution in [0.15, 0.2) is 24.3 Å². The van der Waals surface area contributed by atoms with Crippen molar-refractivity contribution in [2.24, 2.45) is 11.3 Å². The van der Waals surface area contributed by atoms with Gasteiger partial charge in [-0.25, -0.2) is 0 Å². The van der Waals surface area contributed by atoms with Gasteiger partial charge in [0.1, 0.15) is 5.75 Å². The van der Waals surface area contributed by atoms with Crippen molar-refractivity contribution in [3.8, 4) is 5.75 Å². The Morgan fingerprint density at radius 3 is 2.58 bits per heavy atom. The molecule has 1 atom stereocenters. The minimum absolute atomic E-state index is 0.0504. The number of ether oxygens (including phenoxy) is 1. The summed E-state index contributed by atoms with van der Waals surface area (Å²) in [6, 6.07) is 6.77. The second kappa shape index (κ2) is 6.26. The number of amides is 1. The van der Waals surface area contributed by atoms with E-state index in [9.17, 15) is 14.4 Å². The molecule has 1 N–H and O–H groups in total. The molecule has 1 aromatic carbocycles. The zero-order valence-electron chi connectivity index (χ0n) is 13.7. The second-order valence-corrected chi connectivity index (χ2v) is 6.71. The van der Waals surface area contributed by atoms with Crippen LogP contribution < -0.4 is 4.74 Å². The van der Waals surface area contributed by atoms with Crippen molar-refractivity contribution in [3.05, 3.63) is 29.8 Å². The Kier molecular flexibility index (Phi) is 4.30. The highest BCUT2D eigenvalue weighted by atomic mass is 16.5. The van der Waals surface area contributed by atoms with Gasteiger partial charge in [0.15, 0.2) is 12.4 Å². The third-order valence-corrected chi connectivity index (χ3v) is 5.20. The third-order valence-electron chi connectivity index (χ3n) is 5.20. The molecule has 0 bridgehead atoms. The number of carboxylic acids is 1. The van der Waals surface area contributed by atoms with E-state index in [2.05, 4.69) is 0 Å². The smallest absolute Gasteiger partial charge is 0.307 e. The number of piperidine rings is 1. The Hall–Kier alpha value is -2.37. The van der Waals surface area contributed by atoms with E-state index in [0.717, 1.165) is 19.3 Å². The molecule has 0 aromatic heterocycles. The number of carboxylic acid groups (broad SMARTS) is 1. The molecule has 2 aliphatic rings. The van der Waals surface area contributed by atoms with E-state index < -0.39 is 5.97 Å². The van der Waals surface area contributed by atoms with Gasteiger partial charge in [0.2, 0.25) is 0 Å². The summed E-state index contributed by atoms with van der Waals surface area (Å²) < 4.78 is 5.50. The number of likely N-dealkylation sites (tertiary alicyclic amines) is 1. The number of carbonyl (C=O) groups excluding carboxylic acids is 2. The molecule has 1 aromatic rings. The zero-order valence-corrected chi connectivity index (χ0v) is 13.7. The molecule has 3 rings (SSSR count). The van der Waals surface area contributed by atoms with Crippen molar-refractivity contribution in [2.45, 2.75) is 26.2 Å². The standard InChI is InChI=1S/C18H21NO5/c1-12(20)13-3-2-4-14(9-13)24-11-16(21)19-7-5-18(6-8-19)10-15(18)17(22)23/h2-4,9,15H,5-8,10-11H2,1H3,(H,22,23). The number of aliphatic carboxylic acids is 1. The molecule has 1 saturated carbocycles. The summed E-state index contributed by atoms with van der Waals surface area (Å²) >= 11 is 0. The summed E-state index contributed by atoms with van der Waals surface area (Å²) in [5, 5.41) is 9.09. The molecule has 1 amide bonds. The molecule has 2 fully saturated rings. The van der Waals surface area contributed by atoms with Crippen molar-refractivity contribution in [1.82, 2.24) is 4.90 Å². The highest BCUT2D eigenvalue weighted by molar-refractivity contribution is 5.94. The van der Waals surface area contributed by atoms with Gasteiger partial charge in [-0.15, -0.1) is 0 Å². The largest absolute Gasteiger partial charge is 0.484 e. The Morgan fingerprint density at radius 2 is 2.00 bits per heavy atom. The SMILES string of the molecule is CC(=O)c1cccc(OCC(=O)N2CCC3(CC2)CC3C(=O)O)c1. The molecule has 0 radical (unpaired) electrons. The van der Waals surface area contributed by atoms with Gasteiger partial charge < -0.3 is 14.7 Å². The minimum atomic E-state index is -0.719. The van der Waals surface area contributed by atoms with Crippen molar-refractivity contribution >= 4 is 17.7 Å². The summed E-state index contributed by atoms with van der Waals surface area (Å²) in [4.78, 5) is 36.4. The monoisotopic (exact) mass is 331 g/mol. The van der Waals surface area contributed by atoms with Crippen LogP contribution in [0.5, 0.6) is 5.75 Å². The molecule has 1 saturated heterocycles. The van der Waals surface area contributed by atoms with Gasteiger partial charge in [-0.1, -0.05) is 12.1 Å². The first-order valence-electron chi connectivity index (χ1n) is 8.16. The van der Waals surface area contributed by atoms with E-state index in [1.165, 1.54) is 6.92 Å². The number of ketones is 1. The van der Waals surface area contributed by atoms with Crippen molar-refractivity contribution in [1.29, 1.82) is 0 Å². The molecule has 1 aliphatic carbocycles. The predicted octanol–water partition coefficient (Wildman–Crippen LogP) is 1.98. The molecule has 1 unspecified atom stereocenters. The topological polar surface area (TPSA) is 83.9 Å². The summed E-state index contributed by atoms with van der Waals surface area (Å²) in [5.74, 6) is -0.613. The van der Waals surface area contributed by atoms with Crippen molar-refractivity contribution in [3.63, 3.8) is 0 Å². The fourth-order valence-electron chi connectivity index (χ4n) is 3.49. The van der Waals surface area contributed by atoms with Crippen LogP contribution in [0, 0.1) is 11.3 Å². The fraction of sp³-hybridized carbons (Fsp3) is 0.500. The highest BCUT2D eigenvalue weighted by Crippen LogP contribution is 2.59. The first kappa shape index (κ1) is 16.5. The first-order valence-corrected chi connectivity index (χ1v) is 8.16.